The molecule has 2 nitrogen and oxygen atoms in total. The molecule has 0 spiro atoms. The van der Waals surface area contributed by atoms with E-state index in [1.807, 2.05) is 0 Å². The van der Waals surface area contributed by atoms with E-state index < -0.39 is 0 Å². The Morgan fingerprint density at radius 2 is 2.05 bits per heavy atom. The molecule has 0 saturated carbocycles. The number of fused-ring (bicyclic) bond motifs is 1. The second kappa shape index (κ2) is 6.20. The van der Waals surface area contributed by atoms with E-state index in [9.17, 15) is 0 Å². The van der Waals surface area contributed by atoms with Gasteiger partial charge in [0.05, 0.1) is 0 Å². The lowest BCUT2D eigenvalue weighted by atomic mass is 9.93. The maximum absolute atomic E-state index is 5.70. The van der Waals surface area contributed by atoms with Gasteiger partial charge in [0, 0.05) is 29.8 Å². The van der Waals surface area contributed by atoms with E-state index in [0.717, 1.165) is 23.1 Å². The number of nitrogens with zero attached hydrogens (tertiary/aromatic N) is 1. The van der Waals surface area contributed by atoms with Crippen LogP contribution in [0.3, 0.4) is 0 Å². The normalized spacial score (nSPS) is 17.7. The molecule has 2 aromatic rings. The molecule has 0 aromatic heterocycles. The quantitative estimate of drug-likeness (QED) is 0.907. The molecular formula is C18H21BrN2. The number of rotatable bonds is 3. The van der Waals surface area contributed by atoms with Crippen LogP contribution in [-0.4, -0.2) is 6.54 Å². The molecule has 3 heteroatoms. The van der Waals surface area contributed by atoms with Gasteiger partial charge in [-0.1, -0.05) is 53.2 Å². The van der Waals surface area contributed by atoms with Crippen LogP contribution in [0.1, 0.15) is 23.6 Å². The van der Waals surface area contributed by atoms with Crippen LogP contribution in [0.5, 0.6) is 0 Å². The Balaban J connectivity index is 1.88. The van der Waals surface area contributed by atoms with Gasteiger partial charge in [0.15, 0.2) is 0 Å². The first-order valence-electron chi connectivity index (χ1n) is 7.47. The van der Waals surface area contributed by atoms with Crippen LogP contribution in [0, 0.1) is 5.92 Å². The molecule has 3 rings (SSSR count). The Morgan fingerprint density at radius 3 is 2.81 bits per heavy atom. The second-order valence-electron chi connectivity index (χ2n) is 5.95. The summed E-state index contributed by atoms with van der Waals surface area (Å²) >= 11 is 3.69. The first kappa shape index (κ1) is 14.6. The summed E-state index contributed by atoms with van der Waals surface area (Å²) < 4.78 is 1.15. The highest BCUT2D eigenvalue weighted by Crippen LogP contribution is 2.31. The van der Waals surface area contributed by atoms with Crippen molar-refractivity contribution in [1.82, 2.24) is 0 Å². The monoisotopic (exact) mass is 344 g/mol. The van der Waals surface area contributed by atoms with Gasteiger partial charge in [0.1, 0.15) is 0 Å². The molecule has 21 heavy (non-hydrogen) atoms. The molecule has 0 saturated heterocycles. The SMILES string of the molecule is CC1Cc2ccccc2N(Cc2ccc(CN)cc2Br)C1. The Bertz CT molecular complexity index is 639. The highest BCUT2D eigenvalue weighted by Gasteiger charge is 2.21. The fraction of sp³-hybridized carbons (Fsp3) is 0.333. The van der Waals surface area contributed by atoms with Crippen LogP contribution >= 0.6 is 15.9 Å². The fourth-order valence-corrected chi connectivity index (χ4v) is 3.66. The van der Waals surface area contributed by atoms with Crippen LogP contribution in [0.15, 0.2) is 46.9 Å². The molecule has 1 aliphatic rings. The van der Waals surface area contributed by atoms with Gasteiger partial charge in [0.25, 0.3) is 0 Å². The predicted molar refractivity (Wildman–Crippen MR) is 92.4 cm³/mol. The van der Waals surface area contributed by atoms with Crippen molar-refractivity contribution >= 4 is 21.6 Å². The molecule has 1 heterocycles. The molecule has 1 atom stereocenters. The summed E-state index contributed by atoms with van der Waals surface area (Å²) in [6.07, 6.45) is 1.18. The van der Waals surface area contributed by atoms with Crippen LogP contribution in [0.2, 0.25) is 0 Å². The summed E-state index contributed by atoms with van der Waals surface area (Å²) in [7, 11) is 0. The summed E-state index contributed by atoms with van der Waals surface area (Å²) in [4.78, 5) is 2.49. The van der Waals surface area contributed by atoms with Gasteiger partial charge in [0.2, 0.25) is 0 Å². The van der Waals surface area contributed by atoms with Gasteiger partial charge in [-0.05, 0) is 41.2 Å². The van der Waals surface area contributed by atoms with Gasteiger partial charge in [-0.2, -0.15) is 0 Å². The Kier molecular flexibility index (Phi) is 4.32. The Morgan fingerprint density at radius 1 is 1.24 bits per heavy atom. The summed E-state index contributed by atoms with van der Waals surface area (Å²) in [5.41, 5.74) is 11.0. The van der Waals surface area contributed by atoms with Crippen molar-refractivity contribution in [3.63, 3.8) is 0 Å². The zero-order valence-electron chi connectivity index (χ0n) is 12.3. The van der Waals surface area contributed by atoms with E-state index in [2.05, 4.69) is 70.2 Å². The first-order valence-corrected chi connectivity index (χ1v) is 8.27. The van der Waals surface area contributed by atoms with Gasteiger partial charge in [-0.3, -0.25) is 0 Å². The minimum atomic E-state index is 0.586. The van der Waals surface area contributed by atoms with Crippen molar-refractivity contribution in [2.24, 2.45) is 11.7 Å². The van der Waals surface area contributed by atoms with Gasteiger partial charge in [-0.15, -0.1) is 0 Å². The molecule has 0 fully saturated rings. The molecule has 0 aliphatic carbocycles. The molecule has 1 unspecified atom stereocenters. The number of hydrogen-bond donors (Lipinski definition) is 1. The number of halogens is 1. The minimum Gasteiger partial charge on any atom is -0.367 e. The maximum Gasteiger partial charge on any atom is 0.0440 e. The highest BCUT2D eigenvalue weighted by molar-refractivity contribution is 9.10. The summed E-state index contributed by atoms with van der Waals surface area (Å²) in [6, 6.07) is 15.2. The smallest absolute Gasteiger partial charge is 0.0440 e. The second-order valence-corrected chi connectivity index (χ2v) is 6.80. The van der Waals surface area contributed by atoms with Crippen LogP contribution in [0.4, 0.5) is 5.69 Å². The van der Waals surface area contributed by atoms with Crippen LogP contribution < -0.4 is 10.6 Å². The molecule has 2 aromatic carbocycles. The standard InChI is InChI=1S/C18H21BrN2/c1-13-8-15-4-2-3-5-18(15)21(11-13)12-16-7-6-14(10-20)9-17(16)19/h2-7,9,13H,8,10-12,20H2,1H3. The van der Waals surface area contributed by atoms with Gasteiger partial charge < -0.3 is 10.6 Å². The summed E-state index contributed by atoms with van der Waals surface area (Å²) in [5.74, 6) is 0.696. The number of hydrogen-bond acceptors (Lipinski definition) is 2. The lowest BCUT2D eigenvalue weighted by Crippen LogP contribution is -2.33. The third-order valence-corrected chi connectivity index (χ3v) is 4.89. The number of nitrogens with two attached hydrogens (primary N) is 1. The van der Waals surface area contributed by atoms with E-state index in [4.69, 9.17) is 5.73 Å². The zero-order valence-corrected chi connectivity index (χ0v) is 13.9. The molecule has 0 amide bonds. The largest absolute Gasteiger partial charge is 0.367 e. The Hall–Kier alpha value is -1.32. The molecule has 1 aliphatic heterocycles. The maximum atomic E-state index is 5.70. The lowest BCUT2D eigenvalue weighted by molar-refractivity contribution is 0.530. The summed E-state index contributed by atoms with van der Waals surface area (Å²) in [6.45, 7) is 4.97. The van der Waals surface area contributed by atoms with Crippen LogP contribution in [0.25, 0.3) is 0 Å². The topological polar surface area (TPSA) is 29.3 Å². The van der Waals surface area contributed by atoms with Crippen LogP contribution in [-0.2, 0) is 19.5 Å². The van der Waals surface area contributed by atoms with E-state index in [1.165, 1.54) is 23.2 Å². The van der Waals surface area contributed by atoms with Crippen molar-refractivity contribution in [3.8, 4) is 0 Å². The number of para-hydroxylation sites is 1. The molecule has 0 bridgehead atoms. The Labute approximate surface area is 135 Å². The van der Waals surface area contributed by atoms with Crippen molar-refractivity contribution in [3.05, 3.63) is 63.6 Å². The average molecular weight is 345 g/mol. The molecule has 0 radical (unpaired) electrons. The lowest BCUT2D eigenvalue weighted by Gasteiger charge is -2.35. The van der Waals surface area contributed by atoms with Crippen molar-refractivity contribution in [2.45, 2.75) is 26.4 Å². The van der Waals surface area contributed by atoms with E-state index in [1.54, 1.807) is 0 Å². The van der Waals surface area contributed by atoms with Crippen molar-refractivity contribution in [2.75, 3.05) is 11.4 Å². The van der Waals surface area contributed by atoms with Gasteiger partial charge in [-0.25, -0.2) is 0 Å². The average Bonchev–Trinajstić information content (AvgIpc) is 2.49. The van der Waals surface area contributed by atoms with Crippen molar-refractivity contribution in [1.29, 1.82) is 0 Å². The number of anilines is 1. The summed E-state index contributed by atoms with van der Waals surface area (Å²) in [5, 5.41) is 0. The minimum absolute atomic E-state index is 0.586. The first-order chi connectivity index (χ1) is 10.2. The van der Waals surface area contributed by atoms with Gasteiger partial charge >= 0.3 is 0 Å². The number of benzene rings is 2. The zero-order chi connectivity index (χ0) is 14.8. The fourth-order valence-electron chi connectivity index (χ4n) is 3.11. The van der Waals surface area contributed by atoms with E-state index >= 15 is 0 Å². The molecular weight excluding hydrogens is 324 g/mol. The van der Waals surface area contributed by atoms with Crippen molar-refractivity contribution < 1.29 is 0 Å². The van der Waals surface area contributed by atoms with E-state index in [0.29, 0.717) is 12.5 Å². The highest BCUT2D eigenvalue weighted by atomic mass is 79.9. The predicted octanol–water partition coefficient (Wildman–Crippen LogP) is 4.11. The third kappa shape index (κ3) is 3.14. The third-order valence-electron chi connectivity index (χ3n) is 4.15. The molecule has 2 N–H and O–H groups in total. The van der Waals surface area contributed by atoms with E-state index in [-0.39, 0.29) is 0 Å². The molecule has 110 valence electrons.